The van der Waals surface area contributed by atoms with Crippen molar-refractivity contribution in [2.24, 2.45) is 0 Å². The first kappa shape index (κ1) is 17.2. The normalized spacial score (nSPS) is 13.0. The van der Waals surface area contributed by atoms with E-state index in [1.165, 1.54) is 6.92 Å². The first-order valence-electron chi connectivity index (χ1n) is 6.25. The molecule has 0 fully saturated rings. The lowest BCUT2D eigenvalue weighted by atomic mass is 10.2. The molecule has 1 atom stereocenters. The van der Waals surface area contributed by atoms with Crippen molar-refractivity contribution in [1.29, 1.82) is 0 Å². The molecule has 0 spiro atoms. The van der Waals surface area contributed by atoms with E-state index in [1.807, 2.05) is 0 Å². The summed E-state index contributed by atoms with van der Waals surface area (Å²) in [6.45, 7) is 4.93. The topological polar surface area (TPSA) is 61.8 Å². The van der Waals surface area contributed by atoms with Gasteiger partial charge < -0.3 is 13.8 Å². The van der Waals surface area contributed by atoms with E-state index in [-0.39, 0.29) is 13.2 Å². The molecule has 112 valence electrons. The fraction of sp³-hybridized carbons (Fsp3) is 0.462. The van der Waals surface area contributed by atoms with Gasteiger partial charge in [0.05, 0.1) is 13.2 Å². The molecular formula is C13H18ClO5P. The second kappa shape index (κ2) is 7.79. The molecule has 0 heterocycles. The van der Waals surface area contributed by atoms with Crippen molar-refractivity contribution in [3.8, 4) is 0 Å². The summed E-state index contributed by atoms with van der Waals surface area (Å²) in [5.41, 5.74) is 0.398. The number of hydrogen-bond donors (Lipinski definition) is 0. The van der Waals surface area contributed by atoms with Gasteiger partial charge in [-0.25, -0.2) is 0 Å². The minimum atomic E-state index is -3.66. The number of carbonyl (C=O) groups is 1. The molecule has 0 aromatic heterocycles. The second-order valence-electron chi connectivity index (χ2n) is 3.86. The van der Waals surface area contributed by atoms with Gasteiger partial charge in [0.2, 0.25) is 5.85 Å². The van der Waals surface area contributed by atoms with Crippen LogP contribution in [0.5, 0.6) is 0 Å². The fourth-order valence-electron chi connectivity index (χ4n) is 1.66. The number of benzene rings is 1. The van der Waals surface area contributed by atoms with Gasteiger partial charge in [-0.05, 0) is 19.9 Å². The Balaban J connectivity index is 3.26. The Bertz CT molecular complexity index is 495. The van der Waals surface area contributed by atoms with E-state index in [0.717, 1.165) is 0 Å². The fourth-order valence-corrected chi connectivity index (χ4v) is 3.88. The highest BCUT2D eigenvalue weighted by molar-refractivity contribution is 7.54. The van der Waals surface area contributed by atoms with Gasteiger partial charge >= 0.3 is 13.6 Å². The van der Waals surface area contributed by atoms with Crippen LogP contribution in [0.3, 0.4) is 0 Å². The molecule has 7 heteroatoms. The van der Waals surface area contributed by atoms with E-state index in [4.69, 9.17) is 25.4 Å². The van der Waals surface area contributed by atoms with Gasteiger partial charge in [0, 0.05) is 17.5 Å². The molecule has 0 saturated heterocycles. The van der Waals surface area contributed by atoms with Crippen molar-refractivity contribution in [3.63, 3.8) is 0 Å². The second-order valence-corrected chi connectivity index (χ2v) is 6.33. The predicted octanol–water partition coefficient (Wildman–Crippen LogP) is 4.17. The third-order valence-electron chi connectivity index (χ3n) is 2.35. The lowest BCUT2D eigenvalue weighted by Crippen LogP contribution is -2.13. The molecule has 5 nitrogen and oxygen atoms in total. The lowest BCUT2D eigenvalue weighted by molar-refractivity contribution is -0.144. The smallest absolute Gasteiger partial charge is 0.375 e. The van der Waals surface area contributed by atoms with Gasteiger partial charge in [-0.1, -0.05) is 29.8 Å². The predicted molar refractivity (Wildman–Crippen MR) is 76.8 cm³/mol. The number of ether oxygens (including phenoxy) is 1. The summed E-state index contributed by atoms with van der Waals surface area (Å²) >= 11 is 6.09. The summed E-state index contributed by atoms with van der Waals surface area (Å²) in [4.78, 5) is 11.3. The molecule has 0 amide bonds. The third-order valence-corrected chi connectivity index (χ3v) is 4.89. The first-order valence-corrected chi connectivity index (χ1v) is 8.24. The molecular weight excluding hydrogens is 303 g/mol. The van der Waals surface area contributed by atoms with Crippen LogP contribution in [0, 0.1) is 0 Å². The average molecular weight is 321 g/mol. The Morgan fingerprint density at radius 3 is 2.25 bits per heavy atom. The third kappa shape index (κ3) is 4.32. The quantitative estimate of drug-likeness (QED) is 0.557. The van der Waals surface area contributed by atoms with Crippen molar-refractivity contribution in [1.82, 2.24) is 0 Å². The molecule has 0 aliphatic carbocycles. The van der Waals surface area contributed by atoms with Crippen LogP contribution < -0.4 is 0 Å². The van der Waals surface area contributed by atoms with E-state index >= 15 is 0 Å². The van der Waals surface area contributed by atoms with Crippen LogP contribution in [0.4, 0.5) is 0 Å². The van der Waals surface area contributed by atoms with E-state index in [1.54, 1.807) is 38.1 Å². The maximum absolute atomic E-state index is 12.8. The van der Waals surface area contributed by atoms with Gasteiger partial charge in [-0.2, -0.15) is 0 Å². The van der Waals surface area contributed by atoms with Gasteiger partial charge in [-0.3, -0.25) is 9.36 Å². The first-order chi connectivity index (χ1) is 9.44. The number of rotatable bonds is 7. The van der Waals surface area contributed by atoms with E-state index in [2.05, 4.69) is 0 Å². The number of halogens is 1. The van der Waals surface area contributed by atoms with Crippen molar-refractivity contribution in [3.05, 3.63) is 34.9 Å². The van der Waals surface area contributed by atoms with E-state index in [9.17, 15) is 9.36 Å². The summed E-state index contributed by atoms with van der Waals surface area (Å²) in [5, 5.41) is 0.332. The van der Waals surface area contributed by atoms with Crippen molar-refractivity contribution < 1.29 is 23.1 Å². The largest absolute Gasteiger partial charge is 0.444 e. The Hall–Kier alpha value is -0.870. The monoisotopic (exact) mass is 320 g/mol. The zero-order chi connectivity index (χ0) is 15.2. The van der Waals surface area contributed by atoms with Gasteiger partial charge in [0.1, 0.15) is 0 Å². The number of carbonyl (C=O) groups excluding carboxylic acids is 1. The lowest BCUT2D eigenvalue weighted by Gasteiger charge is -2.26. The molecule has 0 saturated carbocycles. The van der Waals surface area contributed by atoms with Crippen molar-refractivity contribution in [2.75, 3.05) is 13.2 Å². The van der Waals surface area contributed by atoms with Crippen LogP contribution in [-0.2, 0) is 23.1 Å². The highest BCUT2D eigenvalue weighted by Crippen LogP contribution is 2.62. The maximum Gasteiger partial charge on any atom is 0.375 e. The standard InChI is InChI=1S/C13H18ClO5P/c1-4-17-20(16,18-5-2)13(19-10(3)15)11-8-6-7-9-12(11)14/h6-9,13H,4-5H2,1-3H3. The van der Waals surface area contributed by atoms with Crippen LogP contribution in [0.1, 0.15) is 32.2 Å². The Morgan fingerprint density at radius 2 is 1.80 bits per heavy atom. The van der Waals surface area contributed by atoms with Crippen molar-refractivity contribution in [2.45, 2.75) is 26.6 Å². The van der Waals surface area contributed by atoms with Crippen LogP contribution in [-0.4, -0.2) is 19.2 Å². The molecule has 20 heavy (non-hydrogen) atoms. The summed E-state index contributed by atoms with van der Waals surface area (Å²) in [7, 11) is -3.66. The van der Waals surface area contributed by atoms with Crippen LogP contribution >= 0.6 is 19.2 Å². The Morgan fingerprint density at radius 1 is 1.25 bits per heavy atom. The van der Waals surface area contributed by atoms with E-state index < -0.39 is 19.4 Å². The van der Waals surface area contributed by atoms with Crippen molar-refractivity contribution >= 4 is 25.2 Å². The molecule has 1 rings (SSSR count). The summed E-state index contributed by atoms with van der Waals surface area (Å²) in [6.07, 6.45) is 0. The maximum atomic E-state index is 12.8. The Kier molecular flexibility index (Phi) is 6.69. The number of hydrogen-bond acceptors (Lipinski definition) is 5. The highest BCUT2D eigenvalue weighted by Gasteiger charge is 2.40. The van der Waals surface area contributed by atoms with Gasteiger partial charge in [0.15, 0.2) is 0 Å². The molecule has 0 aliphatic rings. The summed E-state index contributed by atoms with van der Waals surface area (Å²) < 4.78 is 28.5. The minimum Gasteiger partial charge on any atom is -0.444 e. The molecule has 0 aliphatic heterocycles. The molecule has 1 aromatic rings. The molecule has 1 unspecified atom stereocenters. The zero-order valence-corrected chi connectivity index (χ0v) is 13.3. The van der Waals surface area contributed by atoms with Crippen LogP contribution in [0.25, 0.3) is 0 Å². The molecule has 0 bridgehead atoms. The van der Waals surface area contributed by atoms with Gasteiger partial charge in [0.25, 0.3) is 0 Å². The van der Waals surface area contributed by atoms with Crippen LogP contribution in [0.2, 0.25) is 5.02 Å². The summed E-state index contributed by atoms with van der Waals surface area (Å²) in [5.74, 6) is -1.76. The molecule has 0 radical (unpaired) electrons. The average Bonchev–Trinajstić information content (AvgIpc) is 2.37. The minimum absolute atomic E-state index is 0.166. The molecule has 0 N–H and O–H groups in total. The highest BCUT2D eigenvalue weighted by atomic mass is 35.5. The van der Waals surface area contributed by atoms with Gasteiger partial charge in [-0.15, -0.1) is 0 Å². The Labute approximate surface area is 123 Å². The zero-order valence-electron chi connectivity index (χ0n) is 11.7. The molecule has 1 aromatic carbocycles. The SMILES string of the molecule is CCOP(=O)(OCC)C(OC(C)=O)c1ccccc1Cl. The van der Waals surface area contributed by atoms with E-state index in [0.29, 0.717) is 10.6 Å². The summed E-state index contributed by atoms with van der Waals surface area (Å²) in [6, 6.07) is 6.68. The number of esters is 1. The van der Waals surface area contributed by atoms with Crippen LogP contribution in [0.15, 0.2) is 24.3 Å².